The Morgan fingerprint density at radius 2 is 1.83 bits per heavy atom. The van der Waals surface area contributed by atoms with Crippen LogP contribution in [0, 0.1) is 0 Å². The number of amides is 1. The van der Waals surface area contributed by atoms with Crippen molar-refractivity contribution in [1.82, 2.24) is 5.43 Å². The maximum atomic E-state index is 12.0. The monoisotopic (exact) mass is 402 g/mol. The lowest BCUT2D eigenvalue weighted by Crippen LogP contribution is -2.17. The highest BCUT2D eigenvalue weighted by molar-refractivity contribution is 9.10. The summed E-state index contributed by atoms with van der Waals surface area (Å²) in [5.74, 6) is 0.841. The molecule has 0 aliphatic carbocycles. The predicted molar refractivity (Wildman–Crippen MR) is 98.4 cm³/mol. The normalized spacial score (nSPS) is 10.9. The summed E-state index contributed by atoms with van der Waals surface area (Å²) in [6, 6.07) is 18.1. The van der Waals surface area contributed by atoms with E-state index in [4.69, 9.17) is 16.0 Å². The van der Waals surface area contributed by atoms with Crippen LogP contribution in [0.4, 0.5) is 0 Å². The highest BCUT2D eigenvalue weighted by Gasteiger charge is 2.09. The summed E-state index contributed by atoms with van der Waals surface area (Å²) < 4.78 is 6.37. The summed E-state index contributed by atoms with van der Waals surface area (Å²) in [4.78, 5) is 12.0. The van der Waals surface area contributed by atoms with Gasteiger partial charge >= 0.3 is 0 Å². The molecular formula is C18H12BrClN2O2. The summed E-state index contributed by atoms with van der Waals surface area (Å²) in [7, 11) is 0. The van der Waals surface area contributed by atoms with Gasteiger partial charge in [-0.2, -0.15) is 5.10 Å². The van der Waals surface area contributed by atoms with Crippen LogP contribution in [0.1, 0.15) is 16.1 Å². The van der Waals surface area contributed by atoms with Crippen molar-refractivity contribution in [3.05, 3.63) is 81.5 Å². The van der Waals surface area contributed by atoms with Crippen molar-refractivity contribution in [3.8, 4) is 11.3 Å². The van der Waals surface area contributed by atoms with Gasteiger partial charge in [0.25, 0.3) is 5.91 Å². The molecule has 4 nitrogen and oxygen atoms in total. The fourth-order valence-electron chi connectivity index (χ4n) is 2.09. The van der Waals surface area contributed by atoms with Crippen molar-refractivity contribution >= 4 is 39.7 Å². The third-order valence-electron chi connectivity index (χ3n) is 3.24. The number of benzene rings is 2. The molecule has 6 heteroatoms. The summed E-state index contributed by atoms with van der Waals surface area (Å²) in [6.45, 7) is 0. The van der Waals surface area contributed by atoms with Gasteiger partial charge in [-0.3, -0.25) is 4.79 Å². The average molecular weight is 404 g/mol. The van der Waals surface area contributed by atoms with E-state index >= 15 is 0 Å². The number of carbonyl (C=O) groups is 1. The van der Waals surface area contributed by atoms with Gasteiger partial charge in [0.2, 0.25) is 0 Å². The number of nitrogens with zero attached hydrogens (tertiary/aromatic N) is 1. The number of hydrogen-bond donors (Lipinski definition) is 1. The van der Waals surface area contributed by atoms with E-state index in [0.717, 1.165) is 5.56 Å². The number of halogens is 2. The molecule has 0 aliphatic rings. The highest BCUT2D eigenvalue weighted by atomic mass is 79.9. The van der Waals surface area contributed by atoms with Gasteiger partial charge in [-0.15, -0.1) is 0 Å². The zero-order chi connectivity index (χ0) is 16.9. The van der Waals surface area contributed by atoms with E-state index < -0.39 is 0 Å². The predicted octanol–water partition coefficient (Wildman–Crippen LogP) is 5.13. The molecule has 0 aliphatic heterocycles. The fourth-order valence-corrected chi connectivity index (χ4v) is 2.78. The van der Waals surface area contributed by atoms with E-state index in [-0.39, 0.29) is 5.91 Å². The second-order valence-electron chi connectivity index (χ2n) is 4.86. The lowest BCUT2D eigenvalue weighted by molar-refractivity contribution is 0.0954. The van der Waals surface area contributed by atoms with Crippen LogP contribution >= 0.6 is 27.5 Å². The largest absolute Gasteiger partial charge is 0.455 e. The third kappa shape index (κ3) is 3.75. The van der Waals surface area contributed by atoms with Gasteiger partial charge in [-0.05, 0) is 52.3 Å². The summed E-state index contributed by atoms with van der Waals surface area (Å²) >= 11 is 9.47. The van der Waals surface area contributed by atoms with Gasteiger partial charge < -0.3 is 4.42 Å². The van der Waals surface area contributed by atoms with E-state index in [2.05, 4.69) is 26.5 Å². The molecule has 0 bridgehead atoms. The van der Waals surface area contributed by atoms with Crippen molar-refractivity contribution in [3.63, 3.8) is 0 Å². The molecule has 0 saturated carbocycles. The van der Waals surface area contributed by atoms with E-state index in [1.54, 1.807) is 36.4 Å². The first kappa shape index (κ1) is 16.5. The Balaban J connectivity index is 1.69. The van der Waals surface area contributed by atoms with Crippen molar-refractivity contribution in [2.45, 2.75) is 0 Å². The summed E-state index contributed by atoms with van der Waals surface area (Å²) in [5, 5.41) is 4.53. The molecule has 0 unspecified atom stereocenters. The van der Waals surface area contributed by atoms with Crippen LogP contribution < -0.4 is 5.43 Å². The van der Waals surface area contributed by atoms with Gasteiger partial charge in [-0.25, -0.2) is 5.43 Å². The van der Waals surface area contributed by atoms with Gasteiger partial charge in [0.1, 0.15) is 11.5 Å². The lowest BCUT2D eigenvalue weighted by atomic mass is 10.2. The van der Waals surface area contributed by atoms with Gasteiger partial charge in [0, 0.05) is 10.0 Å². The molecule has 1 aromatic heterocycles. The van der Waals surface area contributed by atoms with Crippen LogP contribution in [0.25, 0.3) is 11.3 Å². The maximum absolute atomic E-state index is 12.0. The third-order valence-corrected chi connectivity index (χ3v) is 4.26. The Kier molecular flexibility index (Phi) is 5.13. The minimum Gasteiger partial charge on any atom is -0.455 e. The molecule has 0 radical (unpaired) electrons. The summed E-state index contributed by atoms with van der Waals surface area (Å²) in [5.41, 5.74) is 3.77. The minimum absolute atomic E-state index is 0.309. The SMILES string of the molecule is O=C(NN=Cc1ccc(-c2ccccc2Cl)o1)c1ccccc1Br. The highest BCUT2D eigenvalue weighted by Crippen LogP contribution is 2.28. The number of nitrogens with one attached hydrogen (secondary N) is 1. The second kappa shape index (κ2) is 7.47. The van der Waals surface area contributed by atoms with Gasteiger partial charge in [0.05, 0.1) is 16.8 Å². The molecule has 1 heterocycles. The van der Waals surface area contributed by atoms with Crippen LogP contribution in [0.3, 0.4) is 0 Å². The molecule has 3 rings (SSSR count). The van der Waals surface area contributed by atoms with Crippen LogP contribution in [-0.2, 0) is 0 Å². The Morgan fingerprint density at radius 3 is 2.62 bits per heavy atom. The molecule has 0 saturated heterocycles. The van der Waals surface area contributed by atoms with Gasteiger partial charge in [-0.1, -0.05) is 35.9 Å². The smallest absolute Gasteiger partial charge is 0.272 e. The van der Waals surface area contributed by atoms with Gasteiger partial charge in [0.15, 0.2) is 0 Å². The Morgan fingerprint density at radius 1 is 1.08 bits per heavy atom. The van der Waals surface area contributed by atoms with Crippen LogP contribution in [0.2, 0.25) is 5.02 Å². The van der Waals surface area contributed by atoms with Crippen molar-refractivity contribution in [1.29, 1.82) is 0 Å². The number of rotatable bonds is 4. The molecular weight excluding hydrogens is 392 g/mol. The van der Waals surface area contributed by atoms with E-state index in [9.17, 15) is 4.79 Å². The lowest BCUT2D eigenvalue weighted by Gasteiger charge is -2.01. The molecule has 120 valence electrons. The maximum Gasteiger partial charge on any atom is 0.272 e. The van der Waals surface area contributed by atoms with Crippen LogP contribution in [0.5, 0.6) is 0 Å². The van der Waals surface area contributed by atoms with E-state index in [1.807, 2.05) is 24.3 Å². The molecule has 24 heavy (non-hydrogen) atoms. The molecule has 1 N–H and O–H groups in total. The summed E-state index contributed by atoms with van der Waals surface area (Å²) in [6.07, 6.45) is 1.44. The fraction of sp³-hybridized carbons (Fsp3) is 0. The van der Waals surface area contributed by atoms with Crippen molar-refractivity contribution < 1.29 is 9.21 Å². The molecule has 2 aromatic carbocycles. The second-order valence-corrected chi connectivity index (χ2v) is 6.12. The number of carbonyl (C=O) groups excluding carboxylic acids is 1. The number of furan rings is 1. The molecule has 0 fully saturated rings. The first-order valence-electron chi connectivity index (χ1n) is 7.08. The van der Waals surface area contributed by atoms with Crippen LogP contribution in [0.15, 0.2) is 74.7 Å². The number of hydrogen-bond acceptors (Lipinski definition) is 3. The average Bonchev–Trinajstić information content (AvgIpc) is 3.04. The molecule has 0 atom stereocenters. The quantitative estimate of drug-likeness (QED) is 0.485. The minimum atomic E-state index is -0.309. The number of hydrazone groups is 1. The van der Waals surface area contributed by atoms with E-state index in [0.29, 0.717) is 26.6 Å². The molecule has 3 aromatic rings. The Hall–Kier alpha value is -2.37. The standard InChI is InChI=1S/C18H12BrClN2O2/c19-15-7-3-1-5-13(15)18(23)22-21-11-12-9-10-17(24-12)14-6-2-4-8-16(14)20/h1-11H,(H,22,23). The Bertz CT molecular complexity index is 905. The molecule has 1 amide bonds. The molecule has 0 spiro atoms. The van der Waals surface area contributed by atoms with Crippen molar-refractivity contribution in [2.75, 3.05) is 0 Å². The topological polar surface area (TPSA) is 54.6 Å². The van der Waals surface area contributed by atoms with Crippen molar-refractivity contribution in [2.24, 2.45) is 5.10 Å². The first-order chi connectivity index (χ1) is 11.6. The first-order valence-corrected chi connectivity index (χ1v) is 8.25. The van der Waals surface area contributed by atoms with Crippen LogP contribution in [-0.4, -0.2) is 12.1 Å². The Labute approximate surface area is 152 Å². The van der Waals surface area contributed by atoms with E-state index in [1.165, 1.54) is 6.21 Å². The zero-order valence-electron chi connectivity index (χ0n) is 12.4. The zero-order valence-corrected chi connectivity index (χ0v) is 14.7.